The van der Waals surface area contributed by atoms with Crippen molar-refractivity contribution >= 4 is 5.97 Å². The summed E-state index contributed by atoms with van der Waals surface area (Å²) in [5.41, 5.74) is 2.00. The van der Waals surface area contributed by atoms with Crippen molar-refractivity contribution in [1.29, 1.82) is 0 Å². The fourth-order valence-corrected chi connectivity index (χ4v) is 4.61. The van der Waals surface area contributed by atoms with Crippen LogP contribution in [-0.4, -0.2) is 31.2 Å². The van der Waals surface area contributed by atoms with E-state index in [9.17, 15) is 4.79 Å². The third kappa shape index (κ3) is 3.34. The van der Waals surface area contributed by atoms with Crippen LogP contribution in [-0.2, 0) is 9.53 Å². The fourth-order valence-electron chi connectivity index (χ4n) is 4.61. The number of benzene rings is 2. The van der Waals surface area contributed by atoms with Gasteiger partial charge in [0.05, 0.1) is 19.1 Å². The zero-order chi connectivity index (χ0) is 17.2. The normalized spacial score (nSPS) is 28.1. The van der Waals surface area contributed by atoms with Gasteiger partial charge in [0, 0.05) is 25.7 Å². The Balaban J connectivity index is 1.55. The van der Waals surface area contributed by atoms with Gasteiger partial charge in [-0.25, -0.2) is 0 Å². The van der Waals surface area contributed by atoms with Gasteiger partial charge in [-0.15, -0.1) is 0 Å². The minimum atomic E-state index is -0.341. The zero-order valence-corrected chi connectivity index (χ0v) is 14.7. The largest absolute Gasteiger partial charge is 0.461 e. The van der Waals surface area contributed by atoms with Gasteiger partial charge in [0.1, 0.15) is 12.0 Å². The summed E-state index contributed by atoms with van der Waals surface area (Å²) < 4.78 is 6.04. The van der Waals surface area contributed by atoms with Gasteiger partial charge in [0.25, 0.3) is 0 Å². The van der Waals surface area contributed by atoms with Crippen LogP contribution in [0.1, 0.15) is 42.7 Å². The highest BCUT2D eigenvalue weighted by atomic mass is 16.5. The van der Waals surface area contributed by atoms with E-state index in [1.165, 1.54) is 12.8 Å². The smallest absolute Gasteiger partial charge is 0.318 e. The molecule has 3 heteroatoms. The summed E-state index contributed by atoms with van der Waals surface area (Å²) in [6.45, 7) is 0. The molecule has 1 N–H and O–H groups in total. The number of quaternary nitrogens is 1. The van der Waals surface area contributed by atoms with E-state index in [-0.39, 0.29) is 18.0 Å². The minimum absolute atomic E-state index is 0.0728. The van der Waals surface area contributed by atoms with Gasteiger partial charge < -0.3 is 9.64 Å². The van der Waals surface area contributed by atoms with E-state index >= 15 is 0 Å². The Bertz CT molecular complexity index is 662. The van der Waals surface area contributed by atoms with E-state index in [1.807, 2.05) is 60.7 Å². The summed E-state index contributed by atoms with van der Waals surface area (Å²) >= 11 is 0. The maximum Gasteiger partial charge on any atom is 0.318 e. The first-order chi connectivity index (χ1) is 12.2. The van der Waals surface area contributed by atoms with E-state index in [1.54, 1.807) is 4.90 Å². The number of hydrogen-bond acceptors (Lipinski definition) is 2. The first kappa shape index (κ1) is 16.3. The van der Waals surface area contributed by atoms with Crippen LogP contribution < -0.4 is 4.90 Å². The predicted molar refractivity (Wildman–Crippen MR) is 97.5 cm³/mol. The van der Waals surface area contributed by atoms with Crippen molar-refractivity contribution in [3.63, 3.8) is 0 Å². The van der Waals surface area contributed by atoms with Crippen LogP contribution in [0.5, 0.6) is 0 Å². The summed E-state index contributed by atoms with van der Waals surface area (Å²) in [7, 11) is 2.29. The van der Waals surface area contributed by atoms with E-state index < -0.39 is 0 Å². The number of rotatable bonds is 4. The third-order valence-electron chi connectivity index (χ3n) is 6.03. The van der Waals surface area contributed by atoms with E-state index in [4.69, 9.17) is 4.74 Å². The van der Waals surface area contributed by atoms with E-state index in [2.05, 4.69) is 7.05 Å². The fraction of sp³-hybridized carbons (Fsp3) is 0.409. The lowest BCUT2D eigenvalue weighted by atomic mass is 9.91. The average Bonchev–Trinajstić information content (AvgIpc) is 2.84. The molecule has 4 rings (SSSR count). The highest BCUT2D eigenvalue weighted by Crippen LogP contribution is 2.30. The van der Waals surface area contributed by atoms with Gasteiger partial charge in [0.15, 0.2) is 0 Å². The molecule has 2 aliphatic heterocycles. The molecule has 3 nitrogen and oxygen atoms in total. The van der Waals surface area contributed by atoms with Crippen molar-refractivity contribution in [2.24, 2.45) is 0 Å². The third-order valence-corrected chi connectivity index (χ3v) is 6.03. The number of hydrogen-bond donors (Lipinski definition) is 1. The van der Waals surface area contributed by atoms with Crippen molar-refractivity contribution in [2.45, 2.75) is 49.8 Å². The minimum Gasteiger partial charge on any atom is -0.461 e. The monoisotopic (exact) mass is 336 g/mol. The number of carbonyl (C=O) groups excluding carboxylic acids is 1. The molecule has 2 unspecified atom stereocenters. The maximum absolute atomic E-state index is 13.1. The second kappa shape index (κ2) is 7.01. The molecule has 0 aliphatic carbocycles. The molecule has 2 aliphatic rings. The SMILES string of the molecule is C[NH+]1[C@@H]2CC[C@H]1CC(OC(=O)C(c1ccccc1)c1ccccc1)C2. The van der Waals surface area contributed by atoms with E-state index in [0.717, 1.165) is 24.0 Å². The molecule has 2 aromatic carbocycles. The van der Waals surface area contributed by atoms with Gasteiger partial charge in [-0.2, -0.15) is 0 Å². The van der Waals surface area contributed by atoms with Gasteiger partial charge in [-0.3, -0.25) is 4.79 Å². The van der Waals surface area contributed by atoms with Crippen LogP contribution in [0.15, 0.2) is 60.7 Å². The molecule has 130 valence electrons. The van der Waals surface area contributed by atoms with Crippen LogP contribution in [0.2, 0.25) is 0 Å². The van der Waals surface area contributed by atoms with Crippen molar-refractivity contribution in [2.75, 3.05) is 7.05 Å². The molecule has 0 spiro atoms. The first-order valence-electron chi connectivity index (χ1n) is 9.36. The number of nitrogens with one attached hydrogen (secondary N) is 1. The number of piperidine rings is 1. The van der Waals surface area contributed by atoms with Crippen LogP contribution in [0.4, 0.5) is 0 Å². The number of fused-ring (bicyclic) bond motifs is 2. The van der Waals surface area contributed by atoms with Crippen molar-refractivity contribution < 1.29 is 14.4 Å². The van der Waals surface area contributed by atoms with Gasteiger partial charge in [0.2, 0.25) is 0 Å². The van der Waals surface area contributed by atoms with Gasteiger partial charge in [-0.1, -0.05) is 60.7 Å². The molecule has 0 amide bonds. The summed E-state index contributed by atoms with van der Waals surface area (Å²) in [6, 6.07) is 21.3. The van der Waals surface area contributed by atoms with Crippen molar-refractivity contribution in [3.8, 4) is 0 Å². The van der Waals surface area contributed by atoms with Gasteiger partial charge in [-0.05, 0) is 11.1 Å². The Morgan fingerprint density at radius 3 is 1.88 bits per heavy atom. The molecule has 2 aromatic rings. The Kier molecular flexibility index (Phi) is 4.58. The number of esters is 1. The summed E-state index contributed by atoms with van der Waals surface area (Å²) in [6.07, 6.45) is 4.62. The second-order valence-electron chi connectivity index (χ2n) is 7.50. The predicted octanol–water partition coefficient (Wildman–Crippen LogP) is 2.57. The molecule has 2 bridgehead atoms. The maximum atomic E-state index is 13.1. The highest BCUT2D eigenvalue weighted by Gasteiger charge is 2.44. The molecule has 0 radical (unpaired) electrons. The molecule has 4 atom stereocenters. The summed E-state index contributed by atoms with van der Waals surface area (Å²) in [5, 5.41) is 0. The molecule has 25 heavy (non-hydrogen) atoms. The Labute approximate surface area is 149 Å². The molecule has 0 aromatic heterocycles. The summed E-state index contributed by atoms with van der Waals surface area (Å²) in [4.78, 5) is 14.7. The molecule has 0 saturated carbocycles. The zero-order valence-electron chi connectivity index (χ0n) is 14.7. The summed E-state index contributed by atoms with van der Waals surface area (Å²) in [5.74, 6) is -0.451. The standard InChI is InChI=1S/C22H25NO2/c1-23-18-12-13-19(23)15-20(14-18)25-22(24)21(16-8-4-2-5-9-16)17-10-6-3-7-11-17/h2-11,18-21H,12-15H2,1H3/p+1/t18-,19+,20?. The Morgan fingerprint density at radius 2 is 1.40 bits per heavy atom. The Hall–Kier alpha value is -2.13. The van der Waals surface area contributed by atoms with Gasteiger partial charge >= 0.3 is 5.97 Å². The number of ether oxygens (including phenoxy) is 1. The number of carbonyl (C=O) groups is 1. The highest BCUT2D eigenvalue weighted by molar-refractivity contribution is 5.82. The first-order valence-corrected chi connectivity index (χ1v) is 9.36. The molecule has 2 saturated heterocycles. The lowest BCUT2D eigenvalue weighted by Crippen LogP contribution is -3.15. The van der Waals surface area contributed by atoms with Crippen LogP contribution in [0.25, 0.3) is 0 Å². The average molecular weight is 336 g/mol. The van der Waals surface area contributed by atoms with Crippen LogP contribution >= 0.6 is 0 Å². The molecular formula is C22H26NO2+. The van der Waals surface area contributed by atoms with E-state index in [0.29, 0.717) is 12.1 Å². The Morgan fingerprint density at radius 1 is 0.920 bits per heavy atom. The van der Waals surface area contributed by atoms with Crippen LogP contribution in [0.3, 0.4) is 0 Å². The quantitative estimate of drug-likeness (QED) is 0.870. The van der Waals surface area contributed by atoms with Crippen molar-refractivity contribution in [1.82, 2.24) is 0 Å². The molecular weight excluding hydrogens is 310 g/mol. The topological polar surface area (TPSA) is 30.7 Å². The van der Waals surface area contributed by atoms with Crippen molar-refractivity contribution in [3.05, 3.63) is 71.8 Å². The lowest BCUT2D eigenvalue weighted by molar-refractivity contribution is -0.923. The lowest BCUT2D eigenvalue weighted by Gasteiger charge is -2.33. The second-order valence-corrected chi connectivity index (χ2v) is 7.50. The molecule has 2 heterocycles. The molecule has 2 fully saturated rings. The van der Waals surface area contributed by atoms with Crippen LogP contribution in [0, 0.1) is 0 Å².